The molecule has 126 valence electrons. The Kier molecular flexibility index (Phi) is 5.38. The summed E-state index contributed by atoms with van der Waals surface area (Å²) in [5, 5.41) is 3.32. The number of anilines is 1. The maximum absolute atomic E-state index is 11.7. The fraction of sp³-hybridized carbons (Fsp3) is 0.389. The number of nitrogens with one attached hydrogen (secondary N) is 2. The third-order valence-corrected chi connectivity index (χ3v) is 4.00. The number of H-pyrrole nitrogens is 1. The van der Waals surface area contributed by atoms with Crippen molar-refractivity contribution in [1.29, 1.82) is 0 Å². The van der Waals surface area contributed by atoms with Gasteiger partial charge in [0.25, 0.3) is 5.56 Å². The monoisotopic (exact) mass is 326 g/mol. The van der Waals surface area contributed by atoms with E-state index in [-0.39, 0.29) is 5.56 Å². The molecular weight excluding hydrogens is 304 g/mol. The molecule has 3 heterocycles. The van der Waals surface area contributed by atoms with Crippen molar-refractivity contribution in [2.24, 2.45) is 0 Å². The fourth-order valence-corrected chi connectivity index (χ4v) is 2.61. The van der Waals surface area contributed by atoms with E-state index in [1.807, 2.05) is 19.1 Å². The van der Waals surface area contributed by atoms with E-state index in [0.717, 1.165) is 56.1 Å². The van der Waals surface area contributed by atoms with Gasteiger partial charge in [0.15, 0.2) is 0 Å². The largest absolute Gasteiger partial charge is 0.377 e. The van der Waals surface area contributed by atoms with Crippen molar-refractivity contribution in [3.8, 4) is 11.4 Å². The summed E-state index contributed by atoms with van der Waals surface area (Å²) in [7, 11) is 0. The summed E-state index contributed by atoms with van der Waals surface area (Å²) in [5.41, 5.74) is 2.88. The Morgan fingerprint density at radius 1 is 1.38 bits per heavy atom. The smallest absolute Gasteiger partial charge is 0.251 e. The van der Waals surface area contributed by atoms with Crippen LogP contribution in [0, 0.1) is 0 Å². The summed E-state index contributed by atoms with van der Waals surface area (Å²) in [6.45, 7) is 4.37. The number of pyridine rings is 1. The molecule has 3 rings (SSSR count). The molecule has 2 aromatic rings. The number of aromatic nitrogens is 3. The van der Waals surface area contributed by atoms with Gasteiger partial charge >= 0.3 is 0 Å². The van der Waals surface area contributed by atoms with Crippen LogP contribution in [0.1, 0.15) is 25.5 Å². The Morgan fingerprint density at radius 2 is 2.29 bits per heavy atom. The minimum atomic E-state index is -0.135. The molecule has 0 saturated carbocycles. The molecule has 0 fully saturated rings. The van der Waals surface area contributed by atoms with Gasteiger partial charge in [-0.25, -0.2) is 9.97 Å². The van der Waals surface area contributed by atoms with E-state index in [1.54, 1.807) is 6.20 Å². The SMILES string of the molecule is CCc1cc(=O)[nH]c(-c2ccc(NCCC3=CCOCC3)nc2)n1. The molecule has 0 radical (unpaired) electrons. The first kappa shape index (κ1) is 16.4. The average molecular weight is 326 g/mol. The second-order valence-electron chi connectivity index (χ2n) is 5.74. The first-order valence-corrected chi connectivity index (χ1v) is 8.31. The predicted molar refractivity (Wildman–Crippen MR) is 94.1 cm³/mol. The van der Waals surface area contributed by atoms with Crippen molar-refractivity contribution in [2.75, 3.05) is 25.1 Å². The molecule has 2 N–H and O–H groups in total. The molecule has 0 amide bonds. The van der Waals surface area contributed by atoms with E-state index >= 15 is 0 Å². The summed E-state index contributed by atoms with van der Waals surface area (Å²) in [5.74, 6) is 1.38. The van der Waals surface area contributed by atoms with Crippen LogP contribution in [0.5, 0.6) is 0 Å². The highest BCUT2D eigenvalue weighted by molar-refractivity contribution is 5.55. The second-order valence-corrected chi connectivity index (χ2v) is 5.74. The zero-order valence-electron chi connectivity index (χ0n) is 13.8. The van der Waals surface area contributed by atoms with Crippen molar-refractivity contribution < 1.29 is 4.74 Å². The minimum absolute atomic E-state index is 0.135. The molecule has 24 heavy (non-hydrogen) atoms. The highest BCUT2D eigenvalue weighted by atomic mass is 16.5. The molecule has 0 aliphatic carbocycles. The fourth-order valence-electron chi connectivity index (χ4n) is 2.61. The molecule has 2 aromatic heterocycles. The molecule has 6 heteroatoms. The van der Waals surface area contributed by atoms with Crippen LogP contribution in [0.3, 0.4) is 0 Å². The number of ether oxygens (including phenoxy) is 1. The lowest BCUT2D eigenvalue weighted by Crippen LogP contribution is -2.10. The van der Waals surface area contributed by atoms with Gasteiger partial charge in [0, 0.05) is 30.1 Å². The Hall–Kier alpha value is -2.47. The quantitative estimate of drug-likeness (QED) is 0.798. The molecule has 0 spiro atoms. The van der Waals surface area contributed by atoms with Gasteiger partial charge in [-0.1, -0.05) is 18.6 Å². The lowest BCUT2D eigenvalue weighted by molar-refractivity contribution is 0.153. The Bertz CT molecular complexity index is 765. The topological polar surface area (TPSA) is 79.9 Å². The summed E-state index contributed by atoms with van der Waals surface area (Å²) in [6, 6.07) is 5.35. The second kappa shape index (κ2) is 7.88. The van der Waals surface area contributed by atoms with Crippen LogP contribution in [0.15, 0.2) is 40.8 Å². The third-order valence-electron chi connectivity index (χ3n) is 4.00. The minimum Gasteiger partial charge on any atom is -0.377 e. The average Bonchev–Trinajstić information content (AvgIpc) is 2.62. The van der Waals surface area contributed by atoms with Crippen LogP contribution in [0.25, 0.3) is 11.4 Å². The highest BCUT2D eigenvalue weighted by Crippen LogP contribution is 2.16. The van der Waals surface area contributed by atoms with Crippen molar-refractivity contribution in [2.45, 2.75) is 26.2 Å². The van der Waals surface area contributed by atoms with Gasteiger partial charge in [-0.2, -0.15) is 0 Å². The van der Waals surface area contributed by atoms with E-state index in [1.165, 1.54) is 11.6 Å². The van der Waals surface area contributed by atoms with E-state index < -0.39 is 0 Å². The first-order chi connectivity index (χ1) is 11.7. The summed E-state index contributed by atoms with van der Waals surface area (Å²) in [6.07, 6.45) is 6.63. The van der Waals surface area contributed by atoms with Crippen LogP contribution in [0.2, 0.25) is 0 Å². The number of rotatable bonds is 6. The lowest BCUT2D eigenvalue weighted by Gasteiger charge is -2.14. The Labute approximate surface area is 141 Å². The Balaban J connectivity index is 1.62. The Morgan fingerprint density at radius 3 is 3.00 bits per heavy atom. The van der Waals surface area contributed by atoms with Crippen molar-refractivity contribution in [1.82, 2.24) is 15.0 Å². The van der Waals surface area contributed by atoms with Gasteiger partial charge < -0.3 is 15.0 Å². The normalized spacial score (nSPS) is 14.3. The highest BCUT2D eigenvalue weighted by Gasteiger charge is 2.05. The van der Waals surface area contributed by atoms with E-state index in [9.17, 15) is 4.79 Å². The van der Waals surface area contributed by atoms with Crippen LogP contribution < -0.4 is 10.9 Å². The molecule has 1 aliphatic heterocycles. The van der Waals surface area contributed by atoms with Crippen molar-refractivity contribution >= 4 is 5.82 Å². The van der Waals surface area contributed by atoms with E-state index in [0.29, 0.717) is 5.82 Å². The molecule has 0 saturated heterocycles. The van der Waals surface area contributed by atoms with E-state index in [2.05, 4.69) is 26.3 Å². The lowest BCUT2D eigenvalue weighted by atomic mass is 10.1. The number of hydrogen-bond donors (Lipinski definition) is 2. The maximum Gasteiger partial charge on any atom is 0.251 e. The number of nitrogens with zero attached hydrogens (tertiary/aromatic N) is 2. The zero-order chi connectivity index (χ0) is 16.8. The van der Waals surface area contributed by atoms with Gasteiger partial charge in [0.1, 0.15) is 11.6 Å². The van der Waals surface area contributed by atoms with Crippen molar-refractivity contribution in [3.63, 3.8) is 0 Å². The number of aromatic amines is 1. The van der Waals surface area contributed by atoms with E-state index in [4.69, 9.17) is 4.74 Å². The molecule has 0 bridgehead atoms. The molecule has 1 aliphatic rings. The molecule has 6 nitrogen and oxygen atoms in total. The first-order valence-electron chi connectivity index (χ1n) is 8.31. The number of aryl methyl sites for hydroxylation is 1. The summed E-state index contributed by atoms with van der Waals surface area (Å²) in [4.78, 5) is 23.3. The van der Waals surface area contributed by atoms with Gasteiger partial charge in [0.2, 0.25) is 0 Å². The molecule has 0 atom stereocenters. The van der Waals surface area contributed by atoms with Crippen LogP contribution >= 0.6 is 0 Å². The van der Waals surface area contributed by atoms with Crippen LogP contribution in [-0.4, -0.2) is 34.7 Å². The van der Waals surface area contributed by atoms with Crippen LogP contribution in [0.4, 0.5) is 5.82 Å². The number of hydrogen-bond acceptors (Lipinski definition) is 5. The van der Waals surface area contributed by atoms with Gasteiger partial charge in [-0.15, -0.1) is 0 Å². The van der Waals surface area contributed by atoms with Gasteiger partial charge in [-0.3, -0.25) is 4.79 Å². The van der Waals surface area contributed by atoms with Gasteiger partial charge in [-0.05, 0) is 31.4 Å². The van der Waals surface area contributed by atoms with Crippen molar-refractivity contribution in [3.05, 3.63) is 52.1 Å². The van der Waals surface area contributed by atoms with Gasteiger partial charge in [0.05, 0.1) is 13.2 Å². The summed E-state index contributed by atoms with van der Waals surface area (Å²) >= 11 is 0. The van der Waals surface area contributed by atoms with Crippen LogP contribution in [-0.2, 0) is 11.2 Å². The third kappa shape index (κ3) is 4.29. The standard InChI is InChI=1S/C18H22N4O2/c1-2-15-11-17(23)22-18(21-15)14-3-4-16(20-12-14)19-8-5-13-6-9-24-10-7-13/h3-4,6,11-12H,2,5,7-10H2,1H3,(H,19,20)(H,21,22,23). The predicted octanol–water partition coefficient (Wildman–Crippen LogP) is 2.54. The molecular formula is C18H22N4O2. The molecule has 0 aromatic carbocycles. The summed E-state index contributed by atoms with van der Waals surface area (Å²) < 4.78 is 5.30. The molecule has 0 unspecified atom stereocenters. The zero-order valence-corrected chi connectivity index (χ0v) is 13.8. The maximum atomic E-state index is 11.7.